The summed E-state index contributed by atoms with van der Waals surface area (Å²) < 4.78 is 0. The first-order chi connectivity index (χ1) is 14.3. The molecule has 4 rings (SSSR count). The number of Topliss-reactive ketones (excluding diaryl/α,β-unsaturated/α-hetero) is 2. The summed E-state index contributed by atoms with van der Waals surface area (Å²) in [7, 11) is 0. The highest BCUT2D eigenvalue weighted by atomic mass is 32.1. The number of aryl methyl sites for hydroxylation is 2. The molecule has 2 heterocycles. The Morgan fingerprint density at radius 2 is 2.07 bits per heavy atom. The molecule has 1 aromatic carbocycles. The van der Waals surface area contributed by atoms with E-state index in [1.165, 1.54) is 11.3 Å². The molecule has 0 spiro atoms. The average molecular weight is 426 g/mol. The Morgan fingerprint density at radius 1 is 1.27 bits per heavy atom. The standard InChI is InChI=1S/C21H22N4O4S/c1-11-12(2)30-21(23-11)24-20(29)22-9-13-3-4-14-10-25(19(28)16(14)7-13)17-6-5-15(26)8-18(17)27/h3-4,7,17H,5-6,8-10H2,1-2H3,(H2,22,23,24,29). The zero-order chi connectivity index (χ0) is 21.4. The number of fused-ring (bicyclic) bond motifs is 1. The van der Waals surface area contributed by atoms with Gasteiger partial charge in [0.25, 0.3) is 5.91 Å². The Kier molecular flexibility index (Phi) is 5.38. The molecule has 2 aliphatic rings. The second-order valence-corrected chi connectivity index (χ2v) is 8.83. The van der Waals surface area contributed by atoms with Gasteiger partial charge in [-0.15, -0.1) is 11.3 Å². The molecule has 1 aromatic heterocycles. The van der Waals surface area contributed by atoms with Crippen molar-refractivity contribution in [3.63, 3.8) is 0 Å². The fourth-order valence-electron chi connectivity index (χ4n) is 3.77. The maximum Gasteiger partial charge on any atom is 0.321 e. The van der Waals surface area contributed by atoms with Gasteiger partial charge in [-0.2, -0.15) is 0 Å². The molecule has 1 aliphatic carbocycles. The van der Waals surface area contributed by atoms with Crippen LogP contribution in [0.1, 0.15) is 51.3 Å². The molecule has 8 nitrogen and oxygen atoms in total. The van der Waals surface area contributed by atoms with Crippen molar-refractivity contribution in [2.45, 2.75) is 52.2 Å². The molecule has 0 bridgehead atoms. The highest BCUT2D eigenvalue weighted by Gasteiger charge is 2.38. The van der Waals surface area contributed by atoms with Crippen molar-refractivity contribution in [2.75, 3.05) is 5.32 Å². The van der Waals surface area contributed by atoms with Gasteiger partial charge < -0.3 is 10.2 Å². The second-order valence-electron chi connectivity index (χ2n) is 7.63. The van der Waals surface area contributed by atoms with Crippen LogP contribution in [0, 0.1) is 13.8 Å². The Labute approximate surface area is 177 Å². The van der Waals surface area contributed by atoms with Gasteiger partial charge in [-0.05, 0) is 37.5 Å². The van der Waals surface area contributed by atoms with Crippen molar-refractivity contribution >= 4 is 40.0 Å². The van der Waals surface area contributed by atoms with Crippen LogP contribution in [0.15, 0.2) is 18.2 Å². The normalized spacial score (nSPS) is 18.5. The van der Waals surface area contributed by atoms with Crippen molar-refractivity contribution in [3.8, 4) is 0 Å². The van der Waals surface area contributed by atoms with Crippen LogP contribution >= 0.6 is 11.3 Å². The molecule has 1 fully saturated rings. The number of ketones is 2. The third-order valence-electron chi connectivity index (χ3n) is 5.52. The van der Waals surface area contributed by atoms with E-state index in [-0.39, 0.29) is 36.5 Å². The molecular formula is C21H22N4O4S. The molecule has 2 aromatic rings. The SMILES string of the molecule is Cc1nc(NC(=O)NCc2ccc3c(c2)C(=O)N(C2CCC(=O)CC2=O)C3)sc1C. The van der Waals surface area contributed by atoms with E-state index in [9.17, 15) is 19.2 Å². The molecule has 9 heteroatoms. The number of nitrogens with one attached hydrogen (secondary N) is 2. The van der Waals surface area contributed by atoms with Crippen LogP contribution in [-0.2, 0) is 22.7 Å². The number of amides is 3. The lowest BCUT2D eigenvalue weighted by molar-refractivity contribution is -0.133. The number of carbonyl (C=O) groups is 4. The minimum atomic E-state index is -0.528. The van der Waals surface area contributed by atoms with Gasteiger partial charge in [0.15, 0.2) is 10.9 Å². The van der Waals surface area contributed by atoms with Crippen LogP contribution in [0.2, 0.25) is 0 Å². The first-order valence-corrected chi connectivity index (χ1v) is 10.6. The molecule has 1 atom stereocenters. The Morgan fingerprint density at radius 3 is 2.77 bits per heavy atom. The number of benzene rings is 1. The summed E-state index contributed by atoms with van der Waals surface area (Å²) >= 11 is 1.41. The largest absolute Gasteiger partial charge is 0.334 e. The Bertz CT molecular complexity index is 1040. The molecule has 2 N–H and O–H groups in total. The maximum absolute atomic E-state index is 12.9. The fourth-order valence-corrected chi connectivity index (χ4v) is 4.58. The van der Waals surface area contributed by atoms with Gasteiger partial charge in [0.05, 0.1) is 18.2 Å². The lowest BCUT2D eigenvalue weighted by Gasteiger charge is -2.29. The number of hydrogen-bond donors (Lipinski definition) is 2. The molecular weight excluding hydrogens is 404 g/mol. The van der Waals surface area contributed by atoms with Crippen molar-refractivity contribution < 1.29 is 19.2 Å². The number of urea groups is 1. The maximum atomic E-state index is 12.9. The van der Waals surface area contributed by atoms with Crippen molar-refractivity contribution in [1.29, 1.82) is 0 Å². The fraction of sp³-hybridized carbons (Fsp3) is 0.381. The molecule has 3 amide bonds. The van der Waals surface area contributed by atoms with Crippen LogP contribution in [0.4, 0.5) is 9.93 Å². The first kappa shape index (κ1) is 20.2. The van der Waals surface area contributed by atoms with Crippen LogP contribution < -0.4 is 10.6 Å². The Balaban J connectivity index is 1.39. The van der Waals surface area contributed by atoms with Crippen molar-refractivity contribution in [1.82, 2.24) is 15.2 Å². The summed E-state index contributed by atoms with van der Waals surface area (Å²) in [5, 5.41) is 6.02. The van der Waals surface area contributed by atoms with Crippen LogP contribution in [0.25, 0.3) is 0 Å². The lowest BCUT2D eigenvalue weighted by Crippen LogP contribution is -2.44. The molecule has 156 valence electrons. The number of rotatable bonds is 4. The van der Waals surface area contributed by atoms with Gasteiger partial charge >= 0.3 is 6.03 Å². The van der Waals surface area contributed by atoms with Crippen LogP contribution in [0.5, 0.6) is 0 Å². The number of nitrogens with zero attached hydrogens (tertiary/aromatic N) is 2. The molecule has 0 radical (unpaired) electrons. The minimum absolute atomic E-state index is 0.0601. The molecule has 0 saturated heterocycles. The lowest BCUT2D eigenvalue weighted by atomic mass is 9.92. The van der Waals surface area contributed by atoms with E-state index in [0.717, 1.165) is 21.7 Å². The quantitative estimate of drug-likeness (QED) is 0.731. The predicted molar refractivity (Wildman–Crippen MR) is 111 cm³/mol. The van der Waals surface area contributed by atoms with Gasteiger partial charge in [0.1, 0.15) is 5.78 Å². The number of thiazole rings is 1. The van der Waals surface area contributed by atoms with Crippen LogP contribution in [-0.4, -0.2) is 39.4 Å². The van der Waals surface area contributed by atoms with Gasteiger partial charge in [0.2, 0.25) is 0 Å². The van der Waals surface area contributed by atoms with E-state index in [0.29, 0.717) is 30.1 Å². The predicted octanol–water partition coefficient (Wildman–Crippen LogP) is 2.73. The highest BCUT2D eigenvalue weighted by molar-refractivity contribution is 7.15. The van der Waals surface area contributed by atoms with Gasteiger partial charge in [-0.3, -0.25) is 19.7 Å². The van der Waals surface area contributed by atoms with Gasteiger partial charge in [0, 0.05) is 30.0 Å². The molecule has 1 aliphatic heterocycles. The van der Waals surface area contributed by atoms with E-state index < -0.39 is 6.04 Å². The molecule has 1 unspecified atom stereocenters. The monoisotopic (exact) mass is 426 g/mol. The smallest absolute Gasteiger partial charge is 0.321 e. The van der Waals surface area contributed by atoms with E-state index in [1.807, 2.05) is 26.0 Å². The average Bonchev–Trinajstić information content (AvgIpc) is 3.18. The summed E-state index contributed by atoms with van der Waals surface area (Å²) in [5.41, 5.74) is 3.07. The summed E-state index contributed by atoms with van der Waals surface area (Å²) in [5.74, 6) is -0.438. The van der Waals surface area contributed by atoms with E-state index >= 15 is 0 Å². The third-order valence-corrected chi connectivity index (χ3v) is 6.51. The van der Waals surface area contributed by atoms with E-state index in [2.05, 4.69) is 15.6 Å². The molecule has 1 saturated carbocycles. The van der Waals surface area contributed by atoms with Crippen LogP contribution in [0.3, 0.4) is 0 Å². The topological polar surface area (TPSA) is 108 Å². The highest BCUT2D eigenvalue weighted by Crippen LogP contribution is 2.29. The number of hydrogen-bond acceptors (Lipinski definition) is 6. The summed E-state index contributed by atoms with van der Waals surface area (Å²) in [6, 6.07) is 4.58. The summed E-state index contributed by atoms with van der Waals surface area (Å²) in [6.45, 7) is 4.46. The first-order valence-electron chi connectivity index (χ1n) is 9.78. The zero-order valence-corrected chi connectivity index (χ0v) is 17.6. The van der Waals surface area contributed by atoms with Gasteiger partial charge in [-0.1, -0.05) is 12.1 Å². The van der Waals surface area contributed by atoms with Gasteiger partial charge in [-0.25, -0.2) is 9.78 Å². The van der Waals surface area contributed by atoms with Crippen molar-refractivity contribution in [3.05, 3.63) is 45.5 Å². The second kappa shape index (κ2) is 7.98. The number of anilines is 1. The van der Waals surface area contributed by atoms with E-state index in [1.54, 1.807) is 11.0 Å². The minimum Gasteiger partial charge on any atom is -0.334 e. The Hall–Kier alpha value is -3.07. The third kappa shape index (κ3) is 3.97. The molecule has 30 heavy (non-hydrogen) atoms. The summed E-state index contributed by atoms with van der Waals surface area (Å²) in [6.07, 6.45) is 0.633. The van der Waals surface area contributed by atoms with Crippen molar-refractivity contribution in [2.24, 2.45) is 0 Å². The summed E-state index contributed by atoms with van der Waals surface area (Å²) in [4.78, 5) is 55.6. The number of aromatic nitrogens is 1. The number of carbonyl (C=O) groups excluding carboxylic acids is 4. The van der Waals surface area contributed by atoms with E-state index in [4.69, 9.17) is 0 Å². The zero-order valence-electron chi connectivity index (χ0n) is 16.8.